The van der Waals surface area contributed by atoms with Gasteiger partial charge in [0, 0.05) is 5.41 Å². The number of benzene rings is 13. The van der Waals surface area contributed by atoms with Gasteiger partial charge in [0.1, 0.15) is 0 Å². The topological polar surface area (TPSA) is 0 Å². The van der Waals surface area contributed by atoms with Crippen LogP contribution in [0.15, 0.2) is 255 Å². The third kappa shape index (κ3) is 6.45. The van der Waals surface area contributed by atoms with Crippen LogP contribution in [-0.2, 0) is 5.41 Å². The van der Waals surface area contributed by atoms with Crippen LogP contribution in [0, 0.1) is 0 Å². The third-order valence-corrected chi connectivity index (χ3v) is 15.6. The minimum atomic E-state index is -0.197. The molecule has 332 valence electrons. The Morgan fingerprint density at radius 1 is 0.211 bits per heavy atom. The molecule has 0 unspecified atom stereocenters. The van der Waals surface area contributed by atoms with Crippen LogP contribution in [0.1, 0.15) is 25.0 Å². The fourth-order valence-corrected chi connectivity index (χ4v) is 12.3. The maximum absolute atomic E-state index is 2.49. The van der Waals surface area contributed by atoms with E-state index in [1.165, 1.54) is 143 Å². The molecule has 0 fully saturated rings. The van der Waals surface area contributed by atoms with E-state index in [0.717, 1.165) is 0 Å². The Morgan fingerprint density at radius 3 is 1.01 bits per heavy atom. The molecule has 0 radical (unpaired) electrons. The smallest absolute Gasteiger partial charge is 0.0159 e. The van der Waals surface area contributed by atoms with E-state index in [9.17, 15) is 0 Å². The van der Waals surface area contributed by atoms with Crippen LogP contribution in [0.3, 0.4) is 0 Å². The summed E-state index contributed by atoms with van der Waals surface area (Å²) >= 11 is 0. The van der Waals surface area contributed by atoms with Crippen molar-refractivity contribution in [2.45, 2.75) is 19.3 Å². The highest BCUT2D eigenvalue weighted by Crippen LogP contribution is 2.53. The van der Waals surface area contributed by atoms with Crippen molar-refractivity contribution in [2.24, 2.45) is 0 Å². The van der Waals surface area contributed by atoms with Crippen molar-refractivity contribution in [1.29, 1.82) is 0 Å². The summed E-state index contributed by atoms with van der Waals surface area (Å²) in [6, 6.07) is 94.9. The summed E-state index contributed by atoms with van der Waals surface area (Å²) in [4.78, 5) is 0. The number of hydrogen-bond donors (Lipinski definition) is 0. The van der Waals surface area contributed by atoms with Crippen LogP contribution in [0.5, 0.6) is 0 Å². The SMILES string of the molecule is CC1(C)c2cc(-c3ccc(-c4c5ccccc5c(-c5cc6ccccc6cc5-c5ccccc5)c5ccccc45)cc3)ccc2-c2ccc(-c3c4ccccc4c(-c4ccccc4)c4ccccc34)cc21. The number of fused-ring (bicyclic) bond motifs is 8. The Bertz CT molecular complexity index is 4160. The minimum absolute atomic E-state index is 0.197. The quantitative estimate of drug-likeness (QED) is 0.146. The first-order valence-corrected chi connectivity index (χ1v) is 24.9. The summed E-state index contributed by atoms with van der Waals surface area (Å²) in [5.41, 5.74) is 20.2. The number of rotatable bonds is 6. The van der Waals surface area contributed by atoms with E-state index >= 15 is 0 Å². The minimum Gasteiger partial charge on any atom is -0.0622 e. The van der Waals surface area contributed by atoms with Gasteiger partial charge in [0.25, 0.3) is 0 Å². The molecule has 14 rings (SSSR count). The highest BCUT2D eigenvalue weighted by Gasteiger charge is 2.36. The third-order valence-electron chi connectivity index (χ3n) is 15.6. The van der Waals surface area contributed by atoms with E-state index in [1.807, 2.05) is 0 Å². The molecule has 0 bridgehead atoms. The Hall–Kier alpha value is -8.84. The largest absolute Gasteiger partial charge is 0.0622 e. The second-order valence-corrected chi connectivity index (χ2v) is 19.9. The summed E-state index contributed by atoms with van der Waals surface area (Å²) in [7, 11) is 0. The Morgan fingerprint density at radius 2 is 0.535 bits per heavy atom. The lowest BCUT2D eigenvalue weighted by Gasteiger charge is -2.23. The molecule has 0 aromatic heterocycles. The molecule has 0 atom stereocenters. The molecule has 0 saturated carbocycles. The number of hydrogen-bond acceptors (Lipinski definition) is 0. The molecule has 13 aromatic carbocycles. The van der Waals surface area contributed by atoms with E-state index in [4.69, 9.17) is 0 Å². The molecule has 0 N–H and O–H groups in total. The van der Waals surface area contributed by atoms with Crippen LogP contribution in [0.25, 0.3) is 132 Å². The fraction of sp³-hybridized carbons (Fsp3) is 0.0423. The van der Waals surface area contributed by atoms with Gasteiger partial charge in [0.05, 0.1) is 0 Å². The van der Waals surface area contributed by atoms with Gasteiger partial charge in [-0.2, -0.15) is 0 Å². The van der Waals surface area contributed by atoms with Crippen LogP contribution >= 0.6 is 0 Å². The Balaban J connectivity index is 0.859. The molecule has 0 heteroatoms. The summed E-state index contributed by atoms with van der Waals surface area (Å²) in [5, 5.41) is 12.6. The average molecular weight is 901 g/mol. The van der Waals surface area contributed by atoms with Gasteiger partial charge in [-0.3, -0.25) is 0 Å². The van der Waals surface area contributed by atoms with Crippen LogP contribution in [0.2, 0.25) is 0 Å². The van der Waals surface area contributed by atoms with Crippen molar-refractivity contribution >= 4 is 53.9 Å². The molecule has 0 aliphatic heterocycles. The molecule has 0 amide bonds. The van der Waals surface area contributed by atoms with Crippen LogP contribution in [0.4, 0.5) is 0 Å². The molecule has 0 nitrogen and oxygen atoms in total. The first kappa shape index (κ1) is 41.2. The van der Waals surface area contributed by atoms with E-state index < -0.39 is 0 Å². The van der Waals surface area contributed by atoms with Gasteiger partial charge in [-0.05, 0) is 167 Å². The lowest BCUT2D eigenvalue weighted by molar-refractivity contribution is 0.661. The molecule has 0 heterocycles. The first-order chi connectivity index (χ1) is 35.0. The van der Waals surface area contributed by atoms with Gasteiger partial charge in [0.15, 0.2) is 0 Å². The van der Waals surface area contributed by atoms with E-state index in [0.29, 0.717) is 0 Å². The molecule has 0 saturated heterocycles. The normalized spacial score (nSPS) is 12.8. The summed E-state index contributed by atoms with van der Waals surface area (Å²) in [6.07, 6.45) is 0. The Labute approximate surface area is 414 Å². The second kappa shape index (κ2) is 16.1. The molecule has 13 aromatic rings. The van der Waals surface area contributed by atoms with Gasteiger partial charge < -0.3 is 0 Å². The molecular formula is C71H48. The lowest BCUT2D eigenvalue weighted by atomic mass is 9.80. The van der Waals surface area contributed by atoms with E-state index in [-0.39, 0.29) is 5.41 Å². The second-order valence-electron chi connectivity index (χ2n) is 19.9. The average Bonchev–Trinajstić information content (AvgIpc) is 3.66. The highest BCUT2D eigenvalue weighted by molar-refractivity contribution is 6.24. The van der Waals surface area contributed by atoms with Crippen molar-refractivity contribution in [2.75, 3.05) is 0 Å². The van der Waals surface area contributed by atoms with Crippen molar-refractivity contribution in [1.82, 2.24) is 0 Å². The van der Waals surface area contributed by atoms with Gasteiger partial charge in [-0.15, -0.1) is 0 Å². The van der Waals surface area contributed by atoms with Crippen molar-refractivity contribution < 1.29 is 0 Å². The van der Waals surface area contributed by atoms with Gasteiger partial charge in [-0.25, -0.2) is 0 Å². The zero-order valence-electron chi connectivity index (χ0n) is 39.7. The van der Waals surface area contributed by atoms with Gasteiger partial charge in [0.2, 0.25) is 0 Å². The monoisotopic (exact) mass is 900 g/mol. The molecule has 1 aliphatic rings. The fourth-order valence-electron chi connectivity index (χ4n) is 12.3. The van der Waals surface area contributed by atoms with Crippen LogP contribution in [-0.4, -0.2) is 0 Å². The predicted octanol–water partition coefficient (Wildman–Crippen LogP) is 19.8. The van der Waals surface area contributed by atoms with E-state index in [2.05, 4.69) is 269 Å². The molecule has 71 heavy (non-hydrogen) atoms. The lowest BCUT2D eigenvalue weighted by Crippen LogP contribution is -2.15. The molecular weight excluding hydrogens is 853 g/mol. The van der Waals surface area contributed by atoms with Gasteiger partial charge >= 0.3 is 0 Å². The zero-order valence-corrected chi connectivity index (χ0v) is 39.7. The highest BCUT2D eigenvalue weighted by atomic mass is 14.4. The molecule has 0 spiro atoms. The van der Waals surface area contributed by atoms with Gasteiger partial charge in [-0.1, -0.05) is 244 Å². The maximum Gasteiger partial charge on any atom is 0.0159 e. The standard InChI is InChI=1S/C71H48/c1-71(2)65-43-51(37-39-53(65)54-40-38-52(44-66(54)71)69-57-27-13-11-25-55(57)67(47-21-7-4-8-22-47)56-26-12-14-28-58(56)69)45-33-35-48(36-34-45)68-59-29-15-17-31-61(59)70(62-32-18-16-30-60(62)68)64-42-50-24-10-9-23-49(50)41-63(64)46-19-5-3-6-20-46/h3-44H,1-2H3. The summed E-state index contributed by atoms with van der Waals surface area (Å²) in [5.74, 6) is 0. The first-order valence-electron chi connectivity index (χ1n) is 24.9. The summed E-state index contributed by atoms with van der Waals surface area (Å²) in [6.45, 7) is 4.81. The summed E-state index contributed by atoms with van der Waals surface area (Å²) < 4.78 is 0. The zero-order chi connectivity index (χ0) is 47.2. The maximum atomic E-state index is 2.49. The van der Waals surface area contributed by atoms with E-state index in [1.54, 1.807) is 0 Å². The van der Waals surface area contributed by atoms with Crippen molar-refractivity contribution in [3.05, 3.63) is 266 Å². The Kier molecular flexibility index (Phi) is 9.35. The van der Waals surface area contributed by atoms with Crippen LogP contribution < -0.4 is 0 Å². The molecule has 1 aliphatic carbocycles. The predicted molar refractivity (Wildman–Crippen MR) is 304 cm³/mol. The van der Waals surface area contributed by atoms with Crippen molar-refractivity contribution in [3.63, 3.8) is 0 Å². The van der Waals surface area contributed by atoms with Crippen molar-refractivity contribution in [3.8, 4) is 77.9 Å².